The Bertz CT molecular complexity index is 1220. The Morgan fingerprint density at radius 2 is 1.79 bits per heavy atom. The van der Waals surface area contributed by atoms with Gasteiger partial charge in [0, 0.05) is 22.7 Å². The van der Waals surface area contributed by atoms with Gasteiger partial charge in [-0.15, -0.1) is 0 Å². The standard InChI is InChI=1S/C27H24ClFN2O2/c1-4-33-26-15-20(12-21(16-30)27(32)31-23-7-5-22(29)6-8-23)14-25(28)24(26)13-19-10-17(2)9-18(3)11-19/h5-12,14-15H,4,13H2,1-3H3,(H,31,32)/b21-12+. The molecule has 0 spiro atoms. The first-order chi connectivity index (χ1) is 15.8. The molecule has 0 aromatic heterocycles. The Kier molecular flexibility index (Phi) is 7.87. The van der Waals surface area contributed by atoms with Crippen LogP contribution in [0.25, 0.3) is 6.08 Å². The van der Waals surface area contributed by atoms with Crippen LogP contribution in [-0.4, -0.2) is 12.5 Å². The highest BCUT2D eigenvalue weighted by Crippen LogP contribution is 2.32. The molecule has 0 aliphatic heterocycles. The van der Waals surface area contributed by atoms with Gasteiger partial charge in [0.15, 0.2) is 0 Å². The lowest BCUT2D eigenvalue weighted by Gasteiger charge is -2.14. The first-order valence-electron chi connectivity index (χ1n) is 10.5. The normalized spacial score (nSPS) is 11.1. The number of carbonyl (C=O) groups excluding carboxylic acids is 1. The molecule has 0 aliphatic rings. The van der Waals surface area contributed by atoms with E-state index in [1.807, 2.05) is 13.0 Å². The number of ether oxygens (including phenoxy) is 1. The molecule has 0 radical (unpaired) electrons. The molecule has 0 fully saturated rings. The SMILES string of the molecule is CCOc1cc(/C=C(\C#N)C(=O)Nc2ccc(F)cc2)cc(Cl)c1Cc1cc(C)cc(C)c1. The van der Waals surface area contributed by atoms with E-state index >= 15 is 0 Å². The van der Waals surface area contributed by atoms with Gasteiger partial charge in [0.1, 0.15) is 23.2 Å². The van der Waals surface area contributed by atoms with Crippen LogP contribution >= 0.6 is 11.6 Å². The molecule has 0 unspecified atom stereocenters. The molecule has 3 rings (SSSR count). The number of benzene rings is 3. The molecule has 6 heteroatoms. The second-order valence-electron chi connectivity index (χ2n) is 7.72. The quantitative estimate of drug-likeness (QED) is 0.316. The van der Waals surface area contributed by atoms with Crippen LogP contribution in [-0.2, 0) is 11.2 Å². The summed E-state index contributed by atoms with van der Waals surface area (Å²) in [6, 6.07) is 17.0. The second kappa shape index (κ2) is 10.8. The summed E-state index contributed by atoms with van der Waals surface area (Å²) in [7, 11) is 0. The van der Waals surface area contributed by atoms with Crippen molar-refractivity contribution in [2.45, 2.75) is 27.2 Å². The Balaban J connectivity index is 1.92. The Labute approximate surface area is 198 Å². The zero-order valence-electron chi connectivity index (χ0n) is 18.7. The lowest BCUT2D eigenvalue weighted by atomic mass is 9.98. The van der Waals surface area contributed by atoms with Crippen LogP contribution < -0.4 is 10.1 Å². The molecule has 0 heterocycles. The summed E-state index contributed by atoms with van der Waals surface area (Å²) >= 11 is 6.62. The van der Waals surface area contributed by atoms with Gasteiger partial charge in [0.25, 0.3) is 5.91 Å². The minimum atomic E-state index is -0.600. The maximum absolute atomic E-state index is 13.1. The summed E-state index contributed by atoms with van der Waals surface area (Å²) in [6.45, 7) is 6.43. The molecule has 3 aromatic carbocycles. The number of rotatable bonds is 7. The van der Waals surface area contributed by atoms with E-state index in [9.17, 15) is 14.4 Å². The van der Waals surface area contributed by atoms with Crippen molar-refractivity contribution in [1.29, 1.82) is 5.26 Å². The van der Waals surface area contributed by atoms with Gasteiger partial charge in [-0.2, -0.15) is 5.26 Å². The molecule has 1 N–H and O–H groups in total. The lowest BCUT2D eigenvalue weighted by molar-refractivity contribution is -0.112. The number of aryl methyl sites for hydroxylation is 2. The topological polar surface area (TPSA) is 62.1 Å². The van der Waals surface area contributed by atoms with E-state index in [1.54, 1.807) is 12.1 Å². The number of hydrogen-bond acceptors (Lipinski definition) is 3. The predicted octanol–water partition coefficient (Wildman–Crippen LogP) is 6.63. The fraction of sp³-hybridized carbons (Fsp3) is 0.185. The monoisotopic (exact) mass is 462 g/mol. The number of nitrogens with zero attached hydrogens (tertiary/aromatic N) is 1. The third-order valence-electron chi connectivity index (χ3n) is 4.92. The minimum Gasteiger partial charge on any atom is -0.494 e. The molecule has 3 aromatic rings. The van der Waals surface area contributed by atoms with Crippen molar-refractivity contribution in [2.24, 2.45) is 0 Å². The molecule has 1 amide bonds. The van der Waals surface area contributed by atoms with E-state index in [-0.39, 0.29) is 5.57 Å². The number of anilines is 1. The van der Waals surface area contributed by atoms with Crippen molar-refractivity contribution in [2.75, 3.05) is 11.9 Å². The van der Waals surface area contributed by atoms with E-state index in [4.69, 9.17) is 16.3 Å². The summed E-state index contributed by atoms with van der Waals surface area (Å²) in [5.41, 5.74) is 5.15. The smallest absolute Gasteiger partial charge is 0.266 e. The van der Waals surface area contributed by atoms with Crippen LogP contribution in [0.3, 0.4) is 0 Å². The zero-order chi connectivity index (χ0) is 24.0. The van der Waals surface area contributed by atoms with Gasteiger partial charge in [0.2, 0.25) is 0 Å². The number of halogens is 2. The van der Waals surface area contributed by atoms with Gasteiger partial charge >= 0.3 is 0 Å². The summed E-state index contributed by atoms with van der Waals surface area (Å²) in [5.74, 6) is -0.410. The number of nitriles is 1. The van der Waals surface area contributed by atoms with E-state index in [0.717, 1.165) is 11.1 Å². The first-order valence-corrected chi connectivity index (χ1v) is 10.9. The van der Waals surface area contributed by atoms with E-state index in [0.29, 0.717) is 35.1 Å². The summed E-state index contributed by atoms with van der Waals surface area (Å²) in [6.07, 6.45) is 2.05. The van der Waals surface area contributed by atoms with Crippen molar-refractivity contribution in [3.8, 4) is 11.8 Å². The third kappa shape index (κ3) is 6.44. The molecule has 0 bridgehead atoms. The van der Waals surface area contributed by atoms with E-state index in [1.165, 1.54) is 41.5 Å². The van der Waals surface area contributed by atoms with Gasteiger partial charge in [-0.3, -0.25) is 4.79 Å². The summed E-state index contributed by atoms with van der Waals surface area (Å²) in [5, 5.41) is 12.6. The third-order valence-corrected chi connectivity index (χ3v) is 5.25. The minimum absolute atomic E-state index is 0.111. The maximum atomic E-state index is 13.1. The number of hydrogen-bond donors (Lipinski definition) is 1. The molecular weight excluding hydrogens is 439 g/mol. The molecule has 4 nitrogen and oxygen atoms in total. The van der Waals surface area contributed by atoms with Crippen molar-refractivity contribution >= 4 is 29.3 Å². The molecule has 0 atom stereocenters. The molecule has 168 valence electrons. The van der Waals surface area contributed by atoms with Crippen LogP contribution in [0.5, 0.6) is 5.75 Å². The summed E-state index contributed by atoms with van der Waals surface area (Å²) < 4.78 is 18.9. The molecular formula is C27H24ClFN2O2. The average molecular weight is 463 g/mol. The maximum Gasteiger partial charge on any atom is 0.266 e. The number of nitrogens with one attached hydrogen (secondary N) is 1. The number of amides is 1. The number of carbonyl (C=O) groups is 1. The van der Waals surface area contributed by atoms with Crippen molar-refractivity contribution in [3.05, 3.63) is 98.8 Å². The zero-order valence-corrected chi connectivity index (χ0v) is 19.5. The van der Waals surface area contributed by atoms with Crippen LogP contribution in [0.1, 0.15) is 34.7 Å². The Morgan fingerprint density at radius 1 is 1.12 bits per heavy atom. The van der Waals surface area contributed by atoms with Gasteiger partial charge < -0.3 is 10.1 Å². The molecule has 0 saturated carbocycles. The van der Waals surface area contributed by atoms with Crippen molar-refractivity contribution < 1.29 is 13.9 Å². The Hall–Kier alpha value is -3.62. The van der Waals surface area contributed by atoms with Crippen molar-refractivity contribution in [3.63, 3.8) is 0 Å². The van der Waals surface area contributed by atoms with Gasteiger partial charge in [-0.1, -0.05) is 40.9 Å². The largest absolute Gasteiger partial charge is 0.494 e. The molecule has 0 aliphatic carbocycles. The van der Waals surface area contributed by atoms with E-state index < -0.39 is 11.7 Å². The van der Waals surface area contributed by atoms with Crippen molar-refractivity contribution in [1.82, 2.24) is 0 Å². The highest BCUT2D eigenvalue weighted by Gasteiger charge is 2.15. The summed E-state index contributed by atoms with van der Waals surface area (Å²) in [4.78, 5) is 12.5. The fourth-order valence-corrected chi connectivity index (χ4v) is 3.88. The predicted molar refractivity (Wildman–Crippen MR) is 130 cm³/mol. The van der Waals surface area contributed by atoms with Crippen LogP contribution in [0.4, 0.5) is 10.1 Å². The second-order valence-corrected chi connectivity index (χ2v) is 8.12. The Morgan fingerprint density at radius 3 is 2.39 bits per heavy atom. The van der Waals surface area contributed by atoms with Crippen LogP contribution in [0.2, 0.25) is 5.02 Å². The first kappa shape index (κ1) is 24.0. The lowest BCUT2D eigenvalue weighted by Crippen LogP contribution is -2.13. The highest BCUT2D eigenvalue weighted by molar-refractivity contribution is 6.31. The molecule has 0 saturated heterocycles. The molecule has 33 heavy (non-hydrogen) atoms. The fourth-order valence-electron chi connectivity index (χ4n) is 3.59. The van der Waals surface area contributed by atoms with Gasteiger partial charge in [-0.05, 0) is 74.4 Å². The van der Waals surface area contributed by atoms with Crippen LogP contribution in [0, 0.1) is 31.0 Å². The van der Waals surface area contributed by atoms with Gasteiger partial charge in [0.05, 0.1) is 6.61 Å². The van der Waals surface area contributed by atoms with E-state index in [2.05, 4.69) is 37.4 Å². The average Bonchev–Trinajstić information content (AvgIpc) is 2.75. The van der Waals surface area contributed by atoms with Gasteiger partial charge in [-0.25, -0.2) is 4.39 Å². The van der Waals surface area contributed by atoms with Crippen LogP contribution in [0.15, 0.2) is 60.2 Å². The highest BCUT2D eigenvalue weighted by atomic mass is 35.5.